The lowest BCUT2D eigenvalue weighted by Gasteiger charge is -2.17. The zero-order chi connectivity index (χ0) is 9.56. The van der Waals surface area contributed by atoms with E-state index in [0.29, 0.717) is 24.1 Å². The highest BCUT2D eigenvalue weighted by atomic mass is 35.5. The maximum atomic E-state index is 11.8. The van der Waals surface area contributed by atoms with Crippen LogP contribution < -0.4 is 0 Å². The van der Waals surface area contributed by atoms with Gasteiger partial charge in [-0.15, -0.1) is 11.6 Å². The molecule has 0 nitrogen and oxygen atoms in total. The number of hydrogen-bond acceptors (Lipinski definition) is 0. The molecule has 0 fully saturated rings. The normalized spacial score (nSPS) is 14.2. The van der Waals surface area contributed by atoms with Crippen LogP contribution in [0.2, 0.25) is 0 Å². The van der Waals surface area contributed by atoms with Crippen LogP contribution in [0.15, 0.2) is 0 Å². The van der Waals surface area contributed by atoms with Crippen molar-refractivity contribution < 1.29 is 8.78 Å². The van der Waals surface area contributed by atoms with Crippen LogP contribution in [0.4, 0.5) is 8.78 Å². The Morgan fingerprint density at radius 1 is 1.17 bits per heavy atom. The van der Waals surface area contributed by atoms with Crippen LogP contribution in [-0.4, -0.2) is 12.3 Å². The Bertz CT molecular complexity index is 105. The van der Waals surface area contributed by atoms with Crippen LogP contribution in [0.3, 0.4) is 0 Å². The van der Waals surface area contributed by atoms with Crippen molar-refractivity contribution in [3.05, 3.63) is 0 Å². The largest absolute Gasteiger partial charge is 0.238 e. The summed E-state index contributed by atoms with van der Waals surface area (Å²) in [6.07, 6.45) is -0.730. The van der Waals surface area contributed by atoms with Gasteiger partial charge in [-0.1, -0.05) is 13.8 Å². The molecule has 0 aromatic heterocycles. The van der Waals surface area contributed by atoms with Crippen molar-refractivity contribution in [1.29, 1.82) is 0 Å². The average Bonchev–Trinajstić information content (AvgIpc) is 1.96. The molecule has 0 aromatic carbocycles. The molecule has 12 heavy (non-hydrogen) atoms. The molecule has 0 aliphatic heterocycles. The van der Waals surface area contributed by atoms with Crippen LogP contribution in [0.1, 0.15) is 33.1 Å². The number of rotatable bonds is 6. The minimum Gasteiger partial charge on any atom is -0.211 e. The fourth-order valence-electron chi connectivity index (χ4n) is 1.12. The van der Waals surface area contributed by atoms with E-state index in [1.807, 2.05) is 0 Å². The van der Waals surface area contributed by atoms with Gasteiger partial charge in [-0.2, -0.15) is 0 Å². The molecule has 0 bridgehead atoms. The van der Waals surface area contributed by atoms with E-state index in [9.17, 15) is 8.78 Å². The molecular weight excluding hydrogens is 182 g/mol. The maximum absolute atomic E-state index is 11.8. The van der Waals surface area contributed by atoms with E-state index >= 15 is 0 Å². The Balaban J connectivity index is 3.45. The summed E-state index contributed by atoms with van der Waals surface area (Å²) in [5, 5.41) is 0. The van der Waals surface area contributed by atoms with Crippen molar-refractivity contribution in [2.45, 2.75) is 39.5 Å². The van der Waals surface area contributed by atoms with Gasteiger partial charge in [-0.3, -0.25) is 0 Å². The molecular formula is C9H17ClF2. The Labute approximate surface area is 78.3 Å². The first-order valence-corrected chi connectivity index (χ1v) is 4.95. The highest BCUT2D eigenvalue weighted by Gasteiger charge is 2.12. The third-order valence-electron chi connectivity index (χ3n) is 2.14. The molecule has 3 heteroatoms. The Hall–Kier alpha value is 0.150. The van der Waals surface area contributed by atoms with E-state index in [4.69, 9.17) is 11.6 Å². The van der Waals surface area contributed by atoms with Crippen molar-refractivity contribution in [1.82, 2.24) is 0 Å². The molecule has 0 aromatic rings. The van der Waals surface area contributed by atoms with Gasteiger partial charge in [0.2, 0.25) is 6.43 Å². The summed E-state index contributed by atoms with van der Waals surface area (Å²) in [7, 11) is 0. The summed E-state index contributed by atoms with van der Waals surface area (Å²) >= 11 is 5.69. The molecule has 0 heterocycles. The Morgan fingerprint density at radius 2 is 1.75 bits per heavy atom. The molecule has 74 valence electrons. The second kappa shape index (κ2) is 6.64. The average molecular weight is 199 g/mol. The summed E-state index contributed by atoms with van der Waals surface area (Å²) in [4.78, 5) is 0. The first-order chi connectivity index (χ1) is 5.57. The molecule has 0 N–H and O–H groups in total. The van der Waals surface area contributed by atoms with Gasteiger partial charge in [-0.25, -0.2) is 8.78 Å². The second-order valence-corrected chi connectivity index (χ2v) is 3.79. The summed E-state index contributed by atoms with van der Waals surface area (Å²) in [6, 6.07) is 0. The van der Waals surface area contributed by atoms with E-state index in [1.54, 1.807) is 0 Å². The van der Waals surface area contributed by atoms with E-state index in [2.05, 4.69) is 13.8 Å². The number of alkyl halides is 3. The predicted molar refractivity (Wildman–Crippen MR) is 48.9 cm³/mol. The molecule has 0 aliphatic carbocycles. The van der Waals surface area contributed by atoms with Crippen LogP contribution in [0.25, 0.3) is 0 Å². The fraction of sp³-hybridized carbons (Fsp3) is 1.00. The smallest absolute Gasteiger partial charge is 0.211 e. The van der Waals surface area contributed by atoms with Crippen molar-refractivity contribution in [3.8, 4) is 0 Å². The van der Waals surface area contributed by atoms with E-state index in [-0.39, 0.29) is 6.42 Å². The first-order valence-electron chi connectivity index (χ1n) is 4.42. The van der Waals surface area contributed by atoms with Gasteiger partial charge in [0, 0.05) is 12.3 Å². The minimum absolute atomic E-state index is 0.0140. The topological polar surface area (TPSA) is 0 Å². The Kier molecular flexibility index (Phi) is 6.73. The van der Waals surface area contributed by atoms with Gasteiger partial charge in [0.1, 0.15) is 0 Å². The molecule has 0 rings (SSSR count). The third kappa shape index (κ3) is 5.76. The third-order valence-corrected chi connectivity index (χ3v) is 2.53. The van der Waals surface area contributed by atoms with Gasteiger partial charge in [0.05, 0.1) is 0 Å². The van der Waals surface area contributed by atoms with E-state index in [0.717, 1.165) is 6.42 Å². The highest BCUT2D eigenvalue weighted by Crippen LogP contribution is 2.20. The molecule has 0 amide bonds. The summed E-state index contributed by atoms with van der Waals surface area (Å²) in [6.45, 7) is 4.16. The lowest BCUT2D eigenvalue weighted by Crippen LogP contribution is -2.10. The lowest BCUT2D eigenvalue weighted by atomic mass is 9.92. The van der Waals surface area contributed by atoms with Gasteiger partial charge < -0.3 is 0 Å². The van der Waals surface area contributed by atoms with Gasteiger partial charge in [0.15, 0.2) is 0 Å². The monoisotopic (exact) mass is 198 g/mol. The standard InChI is InChI=1S/C9H17ClF2/c1-7(2)8(6-10)4-3-5-9(11)12/h7-9H,3-6H2,1-2H3. The summed E-state index contributed by atoms with van der Waals surface area (Å²) < 4.78 is 23.5. The zero-order valence-corrected chi connectivity index (χ0v) is 8.45. The van der Waals surface area contributed by atoms with Gasteiger partial charge >= 0.3 is 0 Å². The molecule has 1 unspecified atom stereocenters. The molecule has 0 radical (unpaired) electrons. The molecule has 0 spiro atoms. The van der Waals surface area contributed by atoms with Gasteiger partial charge in [-0.05, 0) is 24.7 Å². The molecule has 0 saturated heterocycles. The van der Waals surface area contributed by atoms with Crippen molar-refractivity contribution in [3.63, 3.8) is 0 Å². The number of halogens is 3. The summed E-state index contributed by atoms with van der Waals surface area (Å²) in [5.41, 5.74) is 0. The van der Waals surface area contributed by atoms with Crippen molar-refractivity contribution >= 4 is 11.6 Å². The summed E-state index contributed by atoms with van der Waals surface area (Å²) in [5.74, 6) is 1.48. The molecule has 0 aliphatic rings. The molecule has 1 atom stereocenters. The second-order valence-electron chi connectivity index (χ2n) is 3.48. The van der Waals surface area contributed by atoms with Crippen molar-refractivity contribution in [2.75, 3.05) is 5.88 Å². The van der Waals surface area contributed by atoms with Gasteiger partial charge in [0.25, 0.3) is 0 Å². The van der Waals surface area contributed by atoms with E-state index < -0.39 is 6.43 Å². The zero-order valence-electron chi connectivity index (χ0n) is 7.69. The first kappa shape index (κ1) is 12.2. The van der Waals surface area contributed by atoms with Crippen LogP contribution in [0.5, 0.6) is 0 Å². The quantitative estimate of drug-likeness (QED) is 0.568. The molecule has 0 saturated carbocycles. The fourth-order valence-corrected chi connectivity index (χ4v) is 1.63. The Morgan fingerprint density at radius 3 is 2.08 bits per heavy atom. The SMILES string of the molecule is CC(C)C(CCl)CCCC(F)F. The predicted octanol–water partition coefficient (Wildman–Crippen LogP) is 3.93. The lowest BCUT2D eigenvalue weighted by molar-refractivity contribution is 0.131. The van der Waals surface area contributed by atoms with Crippen LogP contribution >= 0.6 is 11.6 Å². The van der Waals surface area contributed by atoms with Crippen LogP contribution in [0, 0.1) is 11.8 Å². The van der Waals surface area contributed by atoms with E-state index in [1.165, 1.54) is 0 Å². The maximum Gasteiger partial charge on any atom is 0.238 e. The van der Waals surface area contributed by atoms with Crippen LogP contribution in [-0.2, 0) is 0 Å². The number of hydrogen-bond donors (Lipinski definition) is 0. The van der Waals surface area contributed by atoms with Crippen molar-refractivity contribution in [2.24, 2.45) is 11.8 Å². The highest BCUT2D eigenvalue weighted by molar-refractivity contribution is 6.18. The minimum atomic E-state index is -2.16.